The molecule has 0 bridgehead atoms. The zero-order valence-corrected chi connectivity index (χ0v) is 16.0. The van der Waals surface area contributed by atoms with Crippen LogP contribution in [0.5, 0.6) is 0 Å². The Morgan fingerprint density at radius 3 is 2.04 bits per heavy atom. The van der Waals surface area contributed by atoms with E-state index in [0.29, 0.717) is 6.42 Å². The fraction of sp³-hybridized carbons (Fsp3) is 0.409. The lowest BCUT2D eigenvalue weighted by molar-refractivity contribution is -0.0438. The predicted molar refractivity (Wildman–Crippen MR) is 104 cm³/mol. The summed E-state index contributed by atoms with van der Waals surface area (Å²) in [7, 11) is 0. The minimum absolute atomic E-state index is 0.0782. The normalized spacial score (nSPS) is 14.0. The molecule has 0 aliphatic heterocycles. The van der Waals surface area contributed by atoms with Gasteiger partial charge in [-0.15, -0.1) is 0 Å². The number of hydrogen-bond donors (Lipinski definition) is 2. The van der Waals surface area contributed by atoms with Crippen molar-refractivity contribution in [3.8, 4) is 0 Å². The number of aromatic carboxylic acids is 1. The molecule has 0 saturated heterocycles. The van der Waals surface area contributed by atoms with Crippen LogP contribution in [0.15, 0.2) is 54.6 Å². The first-order valence-corrected chi connectivity index (χ1v) is 9.15. The molecule has 2 unspecified atom stereocenters. The molecule has 0 radical (unpaired) electrons. The first-order chi connectivity index (χ1) is 12.3. The zero-order chi connectivity index (χ0) is 19.3. The molecule has 140 valence electrons. The van der Waals surface area contributed by atoms with Gasteiger partial charge >= 0.3 is 5.97 Å². The van der Waals surface area contributed by atoms with E-state index >= 15 is 0 Å². The van der Waals surface area contributed by atoms with Crippen LogP contribution in [0.3, 0.4) is 0 Å². The third kappa shape index (κ3) is 4.93. The van der Waals surface area contributed by atoms with Crippen LogP contribution in [0.4, 0.5) is 0 Å². The van der Waals surface area contributed by atoms with Gasteiger partial charge in [-0.3, -0.25) is 4.90 Å². The molecule has 26 heavy (non-hydrogen) atoms. The Morgan fingerprint density at radius 1 is 0.923 bits per heavy atom. The van der Waals surface area contributed by atoms with Crippen LogP contribution in [0, 0.1) is 0 Å². The zero-order valence-electron chi connectivity index (χ0n) is 16.0. The molecular weight excluding hydrogens is 326 g/mol. The molecule has 0 saturated carbocycles. The molecule has 2 rings (SSSR count). The van der Waals surface area contributed by atoms with Gasteiger partial charge in [0.15, 0.2) is 0 Å². The molecule has 0 heterocycles. The monoisotopic (exact) mass is 355 g/mol. The Hall–Kier alpha value is -2.17. The third-order valence-electron chi connectivity index (χ3n) is 4.72. The molecule has 0 fully saturated rings. The molecule has 4 nitrogen and oxygen atoms in total. The van der Waals surface area contributed by atoms with E-state index in [2.05, 4.69) is 32.6 Å². The van der Waals surface area contributed by atoms with Crippen molar-refractivity contribution in [2.24, 2.45) is 0 Å². The minimum Gasteiger partial charge on any atom is -0.478 e. The molecule has 2 atom stereocenters. The third-order valence-corrected chi connectivity index (χ3v) is 4.72. The molecular formula is C22H29NO3. The quantitative estimate of drug-likeness (QED) is 0.691. The molecule has 2 aromatic carbocycles. The van der Waals surface area contributed by atoms with Gasteiger partial charge < -0.3 is 10.2 Å². The number of aliphatic hydroxyl groups is 1. The maximum Gasteiger partial charge on any atom is 0.335 e. The predicted octanol–water partition coefficient (Wildman–Crippen LogP) is 4.34. The Bertz CT molecular complexity index is 704. The van der Waals surface area contributed by atoms with Gasteiger partial charge in [0.05, 0.1) is 5.56 Å². The summed E-state index contributed by atoms with van der Waals surface area (Å²) >= 11 is 0. The second-order valence-corrected chi connectivity index (χ2v) is 7.24. The van der Waals surface area contributed by atoms with Gasteiger partial charge in [-0.1, -0.05) is 42.5 Å². The van der Waals surface area contributed by atoms with Crippen molar-refractivity contribution in [3.63, 3.8) is 0 Å². The Kier molecular flexibility index (Phi) is 6.95. The maximum absolute atomic E-state index is 11.4. The van der Waals surface area contributed by atoms with E-state index in [1.54, 1.807) is 18.2 Å². The van der Waals surface area contributed by atoms with Crippen LogP contribution in [-0.4, -0.2) is 39.4 Å². The van der Waals surface area contributed by atoms with Crippen LogP contribution in [-0.2, 0) is 0 Å². The maximum atomic E-state index is 11.4. The topological polar surface area (TPSA) is 60.8 Å². The smallest absolute Gasteiger partial charge is 0.335 e. The highest BCUT2D eigenvalue weighted by Crippen LogP contribution is 2.31. The number of carbonyl (C=O) groups is 1. The van der Waals surface area contributed by atoms with Gasteiger partial charge in [0.25, 0.3) is 0 Å². The van der Waals surface area contributed by atoms with E-state index in [0.717, 1.165) is 11.1 Å². The molecule has 2 aromatic rings. The first kappa shape index (κ1) is 20.1. The van der Waals surface area contributed by atoms with Gasteiger partial charge in [-0.05, 0) is 57.4 Å². The fourth-order valence-electron chi connectivity index (χ4n) is 3.66. The van der Waals surface area contributed by atoms with Crippen LogP contribution in [0.25, 0.3) is 0 Å². The lowest BCUT2D eigenvalue weighted by Gasteiger charge is -2.37. The van der Waals surface area contributed by atoms with Crippen LogP contribution in [0.2, 0.25) is 0 Å². The highest BCUT2D eigenvalue weighted by Gasteiger charge is 2.26. The van der Waals surface area contributed by atoms with Gasteiger partial charge in [0.1, 0.15) is 6.23 Å². The van der Waals surface area contributed by atoms with E-state index in [1.165, 1.54) is 0 Å². The SMILES string of the molecule is CC(C)N(C(C)C)C(O)CC(c1ccccc1)c1cccc(C(=O)O)c1. The summed E-state index contributed by atoms with van der Waals surface area (Å²) in [5.41, 5.74) is 2.24. The number of nitrogens with zero attached hydrogens (tertiary/aromatic N) is 1. The Morgan fingerprint density at radius 2 is 1.50 bits per heavy atom. The minimum atomic E-state index is -0.940. The number of aliphatic hydroxyl groups excluding tert-OH is 1. The van der Waals surface area contributed by atoms with E-state index in [4.69, 9.17) is 0 Å². The van der Waals surface area contributed by atoms with Gasteiger partial charge in [0, 0.05) is 18.0 Å². The summed E-state index contributed by atoms with van der Waals surface area (Å²) in [6.07, 6.45) is -0.114. The number of benzene rings is 2. The summed E-state index contributed by atoms with van der Waals surface area (Å²) in [6.45, 7) is 8.30. The van der Waals surface area contributed by atoms with Crippen LogP contribution >= 0.6 is 0 Å². The molecule has 0 aromatic heterocycles. The van der Waals surface area contributed by atoms with E-state index in [1.807, 2.05) is 36.4 Å². The summed E-state index contributed by atoms with van der Waals surface area (Å²) in [5, 5.41) is 20.3. The molecule has 2 N–H and O–H groups in total. The number of carboxylic acid groups (broad SMARTS) is 1. The second kappa shape index (κ2) is 8.97. The molecule has 0 spiro atoms. The summed E-state index contributed by atoms with van der Waals surface area (Å²) in [4.78, 5) is 13.4. The van der Waals surface area contributed by atoms with Gasteiger partial charge in [0.2, 0.25) is 0 Å². The van der Waals surface area contributed by atoms with E-state index < -0.39 is 12.2 Å². The van der Waals surface area contributed by atoms with E-state index in [-0.39, 0.29) is 23.6 Å². The standard InChI is InChI=1S/C22H29NO3/c1-15(2)23(16(3)4)21(24)14-20(17-9-6-5-7-10-17)18-11-8-12-19(13-18)22(25)26/h5-13,15-16,20-21,24H,14H2,1-4H3,(H,25,26). The van der Waals surface area contributed by atoms with Crippen molar-refractivity contribution in [2.45, 2.75) is 58.3 Å². The van der Waals surface area contributed by atoms with E-state index in [9.17, 15) is 15.0 Å². The highest BCUT2D eigenvalue weighted by molar-refractivity contribution is 5.87. The van der Waals surface area contributed by atoms with Gasteiger partial charge in [-0.25, -0.2) is 4.79 Å². The molecule has 0 aliphatic carbocycles. The van der Waals surface area contributed by atoms with Gasteiger partial charge in [-0.2, -0.15) is 0 Å². The summed E-state index contributed by atoms with van der Waals surface area (Å²) in [6, 6.07) is 17.4. The van der Waals surface area contributed by atoms with Crippen molar-refractivity contribution in [3.05, 3.63) is 71.3 Å². The summed E-state index contributed by atoms with van der Waals surface area (Å²) in [5.74, 6) is -1.02. The van der Waals surface area contributed by atoms with Crippen molar-refractivity contribution in [2.75, 3.05) is 0 Å². The number of carboxylic acids is 1. The van der Waals surface area contributed by atoms with Crippen molar-refractivity contribution in [1.82, 2.24) is 4.90 Å². The van der Waals surface area contributed by atoms with Crippen LogP contribution in [0.1, 0.15) is 61.5 Å². The van der Waals surface area contributed by atoms with Crippen molar-refractivity contribution < 1.29 is 15.0 Å². The average Bonchev–Trinajstić information content (AvgIpc) is 2.60. The largest absolute Gasteiger partial charge is 0.478 e. The lowest BCUT2D eigenvalue weighted by atomic mass is 9.86. The first-order valence-electron chi connectivity index (χ1n) is 9.15. The fourth-order valence-corrected chi connectivity index (χ4v) is 3.66. The second-order valence-electron chi connectivity index (χ2n) is 7.24. The molecule has 4 heteroatoms. The summed E-state index contributed by atoms with van der Waals surface area (Å²) < 4.78 is 0. The molecule has 0 amide bonds. The Labute approximate surface area is 156 Å². The highest BCUT2D eigenvalue weighted by atomic mass is 16.4. The number of hydrogen-bond acceptors (Lipinski definition) is 3. The average molecular weight is 355 g/mol. The number of rotatable bonds is 8. The Balaban J connectivity index is 2.40. The van der Waals surface area contributed by atoms with Crippen molar-refractivity contribution in [1.29, 1.82) is 0 Å². The van der Waals surface area contributed by atoms with Crippen LogP contribution < -0.4 is 0 Å². The molecule has 0 aliphatic rings. The van der Waals surface area contributed by atoms with Crippen molar-refractivity contribution >= 4 is 5.97 Å². The lowest BCUT2D eigenvalue weighted by Crippen LogP contribution is -2.45.